The van der Waals surface area contributed by atoms with E-state index in [1.54, 1.807) is 0 Å². The van der Waals surface area contributed by atoms with E-state index in [-0.39, 0.29) is 0 Å². The molecule has 0 aliphatic carbocycles. The Kier molecular flexibility index (Phi) is 3.83. The number of hydrogen-bond acceptors (Lipinski definition) is 3. The molecule has 2 saturated heterocycles. The topological polar surface area (TPSA) is 24.5 Å². The molecule has 2 heterocycles. The van der Waals surface area contributed by atoms with Gasteiger partial charge in [-0.1, -0.05) is 6.07 Å². The van der Waals surface area contributed by atoms with Crippen LogP contribution in [0.4, 0.5) is 5.69 Å². The molecule has 2 aliphatic rings. The summed E-state index contributed by atoms with van der Waals surface area (Å²) in [6.45, 7) is 4.22. The van der Waals surface area contributed by atoms with Gasteiger partial charge in [0.2, 0.25) is 0 Å². The summed E-state index contributed by atoms with van der Waals surface area (Å²) in [5.74, 6) is 0. The van der Waals surface area contributed by atoms with Crippen molar-refractivity contribution in [2.75, 3.05) is 25.0 Å². The van der Waals surface area contributed by atoms with Crippen molar-refractivity contribution in [1.29, 1.82) is 0 Å². The lowest BCUT2D eigenvalue weighted by molar-refractivity contribution is 0.0304. The maximum Gasteiger partial charge on any atom is 0.0755 e. The third-order valence-corrected chi connectivity index (χ3v) is 4.92. The molecular weight excluding hydrogens is 304 g/mol. The standard InChI is InChI=1S/C15H21BrN2O/c1-10(17-2)11-3-6-15(14(16)7-11)18-8-12-4-5-13(9-18)19-12/h3,6-7,10,12-13,17H,4-5,8-9H2,1-2H3. The summed E-state index contributed by atoms with van der Waals surface area (Å²) >= 11 is 3.73. The molecule has 0 amide bonds. The first kappa shape index (κ1) is 13.4. The van der Waals surface area contributed by atoms with E-state index in [1.165, 1.54) is 28.6 Å². The number of anilines is 1. The van der Waals surface area contributed by atoms with Crippen LogP contribution in [0, 0.1) is 0 Å². The van der Waals surface area contributed by atoms with Crippen LogP contribution in [0.3, 0.4) is 0 Å². The Hall–Kier alpha value is -0.580. The predicted molar refractivity (Wildman–Crippen MR) is 81.7 cm³/mol. The van der Waals surface area contributed by atoms with Gasteiger partial charge in [0.15, 0.2) is 0 Å². The second kappa shape index (κ2) is 5.43. The average Bonchev–Trinajstić information content (AvgIpc) is 2.76. The molecule has 0 aromatic heterocycles. The van der Waals surface area contributed by atoms with Crippen molar-refractivity contribution >= 4 is 21.6 Å². The van der Waals surface area contributed by atoms with E-state index in [4.69, 9.17) is 4.74 Å². The molecule has 3 nitrogen and oxygen atoms in total. The zero-order valence-corrected chi connectivity index (χ0v) is 13.1. The molecule has 0 spiro atoms. The highest BCUT2D eigenvalue weighted by molar-refractivity contribution is 9.10. The number of ether oxygens (including phenoxy) is 1. The number of fused-ring (bicyclic) bond motifs is 2. The molecule has 104 valence electrons. The van der Waals surface area contributed by atoms with Gasteiger partial charge in [-0.05, 0) is 60.4 Å². The highest BCUT2D eigenvalue weighted by Gasteiger charge is 2.34. The van der Waals surface area contributed by atoms with E-state index >= 15 is 0 Å². The molecule has 1 N–H and O–H groups in total. The highest BCUT2D eigenvalue weighted by atomic mass is 79.9. The molecule has 3 unspecified atom stereocenters. The molecule has 19 heavy (non-hydrogen) atoms. The summed E-state index contributed by atoms with van der Waals surface area (Å²) < 4.78 is 7.09. The Balaban J connectivity index is 1.81. The Bertz CT molecular complexity index is 453. The quantitative estimate of drug-likeness (QED) is 0.924. The van der Waals surface area contributed by atoms with Crippen LogP contribution in [0.1, 0.15) is 31.4 Å². The Morgan fingerprint density at radius 1 is 1.32 bits per heavy atom. The fourth-order valence-corrected chi connectivity index (χ4v) is 3.67. The number of rotatable bonds is 3. The molecule has 0 saturated carbocycles. The number of hydrogen-bond donors (Lipinski definition) is 1. The van der Waals surface area contributed by atoms with E-state index < -0.39 is 0 Å². The molecule has 0 radical (unpaired) electrons. The van der Waals surface area contributed by atoms with Crippen LogP contribution in [0.5, 0.6) is 0 Å². The number of nitrogens with zero attached hydrogens (tertiary/aromatic N) is 1. The van der Waals surface area contributed by atoms with Gasteiger partial charge in [-0.3, -0.25) is 0 Å². The van der Waals surface area contributed by atoms with Gasteiger partial charge < -0.3 is 15.0 Å². The molecule has 3 atom stereocenters. The minimum absolute atomic E-state index is 0.381. The largest absolute Gasteiger partial charge is 0.371 e. The number of benzene rings is 1. The monoisotopic (exact) mass is 324 g/mol. The van der Waals surface area contributed by atoms with Gasteiger partial charge in [-0.15, -0.1) is 0 Å². The zero-order valence-electron chi connectivity index (χ0n) is 11.5. The minimum Gasteiger partial charge on any atom is -0.371 e. The van der Waals surface area contributed by atoms with Crippen LogP contribution in [-0.4, -0.2) is 32.3 Å². The van der Waals surface area contributed by atoms with Crippen molar-refractivity contribution in [3.63, 3.8) is 0 Å². The van der Waals surface area contributed by atoms with Crippen LogP contribution >= 0.6 is 15.9 Å². The van der Waals surface area contributed by atoms with Crippen LogP contribution < -0.4 is 10.2 Å². The Morgan fingerprint density at radius 2 is 2.00 bits per heavy atom. The first-order valence-corrected chi connectivity index (χ1v) is 7.84. The second-order valence-corrected chi connectivity index (χ2v) is 6.44. The Morgan fingerprint density at radius 3 is 2.58 bits per heavy atom. The Labute approximate surface area is 123 Å². The van der Waals surface area contributed by atoms with Gasteiger partial charge in [-0.2, -0.15) is 0 Å². The summed E-state index contributed by atoms with van der Waals surface area (Å²) in [5, 5.41) is 3.28. The van der Waals surface area contributed by atoms with Gasteiger partial charge in [-0.25, -0.2) is 0 Å². The second-order valence-electron chi connectivity index (χ2n) is 5.58. The lowest BCUT2D eigenvalue weighted by Crippen LogP contribution is -2.42. The summed E-state index contributed by atoms with van der Waals surface area (Å²) in [7, 11) is 1.99. The fourth-order valence-electron chi connectivity index (χ4n) is 3.03. The van der Waals surface area contributed by atoms with E-state index in [0.29, 0.717) is 18.2 Å². The van der Waals surface area contributed by atoms with Gasteiger partial charge in [0, 0.05) is 23.6 Å². The van der Waals surface area contributed by atoms with E-state index in [9.17, 15) is 0 Å². The minimum atomic E-state index is 0.381. The van der Waals surface area contributed by atoms with E-state index in [1.807, 2.05) is 7.05 Å². The average molecular weight is 325 g/mol. The molecule has 4 heteroatoms. The van der Waals surface area contributed by atoms with Crippen molar-refractivity contribution < 1.29 is 4.74 Å². The first-order valence-electron chi connectivity index (χ1n) is 7.04. The molecule has 2 fully saturated rings. The van der Waals surface area contributed by atoms with Crippen molar-refractivity contribution in [2.45, 2.75) is 38.0 Å². The van der Waals surface area contributed by atoms with Crippen molar-refractivity contribution in [2.24, 2.45) is 0 Å². The van der Waals surface area contributed by atoms with Gasteiger partial charge in [0.25, 0.3) is 0 Å². The van der Waals surface area contributed by atoms with E-state index in [2.05, 4.69) is 51.3 Å². The molecule has 2 bridgehead atoms. The maximum atomic E-state index is 5.90. The lowest BCUT2D eigenvalue weighted by Gasteiger charge is -2.34. The molecular formula is C15H21BrN2O. The summed E-state index contributed by atoms with van der Waals surface area (Å²) in [5.41, 5.74) is 2.61. The number of nitrogens with one attached hydrogen (secondary N) is 1. The molecule has 1 aromatic carbocycles. The van der Waals surface area contributed by atoms with Crippen LogP contribution in [-0.2, 0) is 4.74 Å². The van der Waals surface area contributed by atoms with Crippen molar-refractivity contribution in [3.8, 4) is 0 Å². The highest BCUT2D eigenvalue weighted by Crippen LogP contribution is 2.34. The molecule has 2 aliphatic heterocycles. The SMILES string of the molecule is CNC(C)c1ccc(N2CC3CCC(C2)O3)c(Br)c1. The maximum absolute atomic E-state index is 5.90. The van der Waals surface area contributed by atoms with Gasteiger partial charge >= 0.3 is 0 Å². The molecule has 1 aromatic rings. The van der Waals surface area contributed by atoms with E-state index in [0.717, 1.165) is 13.1 Å². The predicted octanol–water partition coefficient (Wildman–Crippen LogP) is 3.10. The lowest BCUT2D eigenvalue weighted by atomic mass is 10.1. The van der Waals surface area contributed by atoms with Gasteiger partial charge in [0.05, 0.1) is 17.9 Å². The summed E-state index contributed by atoms with van der Waals surface area (Å²) in [6.07, 6.45) is 3.30. The summed E-state index contributed by atoms with van der Waals surface area (Å²) in [4.78, 5) is 2.46. The van der Waals surface area contributed by atoms with Crippen molar-refractivity contribution in [3.05, 3.63) is 28.2 Å². The van der Waals surface area contributed by atoms with Gasteiger partial charge in [0.1, 0.15) is 0 Å². The number of halogens is 1. The molecule has 3 rings (SSSR count). The zero-order chi connectivity index (χ0) is 13.4. The van der Waals surface area contributed by atoms with Crippen LogP contribution in [0.25, 0.3) is 0 Å². The number of morpholine rings is 1. The summed E-state index contributed by atoms with van der Waals surface area (Å²) in [6, 6.07) is 7.07. The smallest absolute Gasteiger partial charge is 0.0755 e. The third kappa shape index (κ3) is 2.67. The first-order chi connectivity index (χ1) is 9.17. The normalized spacial score (nSPS) is 27.6. The third-order valence-electron chi connectivity index (χ3n) is 4.29. The fraction of sp³-hybridized carbons (Fsp3) is 0.600. The van der Waals surface area contributed by atoms with Crippen molar-refractivity contribution in [1.82, 2.24) is 5.32 Å². The van der Waals surface area contributed by atoms with Crippen LogP contribution in [0.15, 0.2) is 22.7 Å². The van der Waals surface area contributed by atoms with Crippen LogP contribution in [0.2, 0.25) is 0 Å².